The molecule has 1 aliphatic heterocycles. The monoisotopic (exact) mass is 468 g/mol. The third kappa shape index (κ3) is 3.47. The Morgan fingerprint density at radius 3 is 2.71 bits per heavy atom. The maximum Gasteiger partial charge on any atom is 0.131 e. The minimum absolute atomic E-state index is 0.188. The van der Waals surface area contributed by atoms with Gasteiger partial charge in [-0.15, -0.1) is 0 Å². The first-order valence-corrected chi connectivity index (χ1v) is 11.7. The summed E-state index contributed by atoms with van der Waals surface area (Å²) >= 11 is 7.09. The molecule has 0 saturated heterocycles. The first-order chi connectivity index (χ1) is 16.3. The lowest BCUT2D eigenvalue weighted by molar-refractivity contribution is 0.404. The quantitative estimate of drug-likeness (QED) is 0.470. The third-order valence-corrected chi connectivity index (χ3v) is 7.81. The van der Waals surface area contributed by atoms with Gasteiger partial charge in [0, 0.05) is 46.7 Å². The first-order valence-electron chi connectivity index (χ1n) is 11.4. The van der Waals surface area contributed by atoms with Crippen LogP contribution < -0.4 is 11.1 Å². The van der Waals surface area contributed by atoms with E-state index in [1.54, 1.807) is 12.4 Å². The molecule has 6 nitrogen and oxygen atoms in total. The number of anilines is 2. The van der Waals surface area contributed by atoms with E-state index in [0.717, 1.165) is 70.7 Å². The summed E-state index contributed by atoms with van der Waals surface area (Å²) in [5, 5.41) is 22.9. The molecule has 1 aliphatic carbocycles. The van der Waals surface area contributed by atoms with Crippen LogP contribution in [-0.4, -0.2) is 16.5 Å². The molecule has 3 N–H and O–H groups in total. The maximum atomic E-state index is 9.71. The molecular formula is C27H25ClN6. The van der Waals surface area contributed by atoms with Crippen LogP contribution in [-0.2, 0) is 11.8 Å². The van der Waals surface area contributed by atoms with Gasteiger partial charge in [-0.2, -0.15) is 10.5 Å². The van der Waals surface area contributed by atoms with Crippen LogP contribution in [0, 0.1) is 35.0 Å². The molecule has 2 aliphatic rings. The number of hydrogen-bond donors (Lipinski definition) is 2. The molecule has 1 spiro atoms. The van der Waals surface area contributed by atoms with Crippen molar-refractivity contribution in [3.63, 3.8) is 0 Å². The van der Waals surface area contributed by atoms with E-state index >= 15 is 0 Å². The average Bonchev–Trinajstić information content (AvgIpc) is 3.36. The highest BCUT2D eigenvalue weighted by Crippen LogP contribution is 2.57. The maximum absolute atomic E-state index is 9.71. The Balaban J connectivity index is 1.62. The Morgan fingerprint density at radius 1 is 1.18 bits per heavy atom. The summed E-state index contributed by atoms with van der Waals surface area (Å²) in [6, 6.07) is 12.4. The standard InChI is InChI=1S/C27H25ClN6/c1-16-17(3-7-29)4-8-32-24(16)19-9-18(10-20(31)11-19)21-12-33-25-22(23(21)28)27(15-34-25)6-5-26(2,13-27)14-30/h4,8-12H,3,5-6,13,15,31H2,1-2H3,(H,33,34)/t26-,27+/m1/s1. The lowest BCUT2D eigenvalue weighted by atomic mass is 9.77. The minimum atomic E-state index is -0.357. The van der Waals surface area contributed by atoms with Gasteiger partial charge in [0.05, 0.1) is 34.7 Å². The number of nitrogens with one attached hydrogen (secondary N) is 1. The second-order valence-electron chi connectivity index (χ2n) is 9.81. The van der Waals surface area contributed by atoms with Gasteiger partial charge >= 0.3 is 0 Å². The van der Waals surface area contributed by atoms with Gasteiger partial charge in [-0.05, 0) is 74.1 Å². The van der Waals surface area contributed by atoms with Crippen molar-refractivity contribution in [2.24, 2.45) is 5.41 Å². The largest absolute Gasteiger partial charge is 0.399 e. The van der Waals surface area contributed by atoms with Gasteiger partial charge < -0.3 is 11.1 Å². The topological polar surface area (TPSA) is 111 Å². The summed E-state index contributed by atoms with van der Waals surface area (Å²) in [7, 11) is 0. The predicted molar refractivity (Wildman–Crippen MR) is 134 cm³/mol. The number of nitriles is 2. The molecule has 1 saturated carbocycles. The minimum Gasteiger partial charge on any atom is -0.399 e. The third-order valence-electron chi connectivity index (χ3n) is 7.42. The molecule has 5 rings (SSSR count). The van der Waals surface area contributed by atoms with E-state index in [-0.39, 0.29) is 10.8 Å². The lowest BCUT2D eigenvalue weighted by Crippen LogP contribution is -2.27. The molecule has 1 aromatic carbocycles. The number of pyridine rings is 2. The van der Waals surface area contributed by atoms with E-state index in [1.807, 2.05) is 38.1 Å². The van der Waals surface area contributed by atoms with Gasteiger partial charge in [0.1, 0.15) is 5.82 Å². The number of hydrogen-bond acceptors (Lipinski definition) is 6. The van der Waals surface area contributed by atoms with Crippen molar-refractivity contribution in [3.05, 3.63) is 58.4 Å². The van der Waals surface area contributed by atoms with E-state index < -0.39 is 0 Å². The lowest BCUT2D eigenvalue weighted by Gasteiger charge is -2.26. The number of fused-ring (bicyclic) bond motifs is 2. The molecule has 7 heteroatoms. The van der Waals surface area contributed by atoms with Crippen LogP contribution >= 0.6 is 11.6 Å². The highest BCUT2D eigenvalue weighted by atomic mass is 35.5. The highest BCUT2D eigenvalue weighted by molar-refractivity contribution is 6.34. The molecule has 170 valence electrons. The molecule has 0 unspecified atom stereocenters. The van der Waals surface area contributed by atoms with Gasteiger partial charge in [-0.1, -0.05) is 11.6 Å². The van der Waals surface area contributed by atoms with E-state index in [4.69, 9.17) is 27.6 Å². The Kier molecular flexibility index (Phi) is 5.23. The van der Waals surface area contributed by atoms with Crippen LogP contribution in [0.4, 0.5) is 11.5 Å². The summed E-state index contributed by atoms with van der Waals surface area (Å²) in [5.41, 5.74) is 12.6. The number of nitrogen functional groups attached to an aromatic ring is 1. The molecule has 1 fully saturated rings. The average molecular weight is 469 g/mol. The Labute approximate surface area is 204 Å². The van der Waals surface area contributed by atoms with Crippen molar-refractivity contribution in [2.75, 3.05) is 17.6 Å². The van der Waals surface area contributed by atoms with Crippen LogP contribution in [0.15, 0.2) is 36.7 Å². The van der Waals surface area contributed by atoms with E-state index in [1.165, 1.54) is 0 Å². The molecule has 0 radical (unpaired) electrons. The summed E-state index contributed by atoms with van der Waals surface area (Å²) in [6.07, 6.45) is 6.35. The van der Waals surface area contributed by atoms with Crippen molar-refractivity contribution in [3.8, 4) is 34.5 Å². The highest BCUT2D eigenvalue weighted by Gasteiger charge is 2.52. The summed E-state index contributed by atoms with van der Waals surface area (Å²) in [6.45, 7) is 4.75. The summed E-state index contributed by atoms with van der Waals surface area (Å²) in [4.78, 5) is 9.28. The van der Waals surface area contributed by atoms with Crippen molar-refractivity contribution >= 4 is 23.1 Å². The number of rotatable bonds is 3. The molecule has 34 heavy (non-hydrogen) atoms. The van der Waals surface area contributed by atoms with E-state index in [9.17, 15) is 5.26 Å². The van der Waals surface area contributed by atoms with E-state index in [2.05, 4.69) is 22.4 Å². The number of benzene rings is 1. The zero-order valence-corrected chi connectivity index (χ0v) is 20.0. The van der Waals surface area contributed by atoms with Crippen LogP contribution in [0.25, 0.3) is 22.4 Å². The van der Waals surface area contributed by atoms with Crippen molar-refractivity contribution < 1.29 is 0 Å². The van der Waals surface area contributed by atoms with Crippen molar-refractivity contribution in [2.45, 2.75) is 44.9 Å². The van der Waals surface area contributed by atoms with Crippen molar-refractivity contribution in [1.29, 1.82) is 10.5 Å². The van der Waals surface area contributed by atoms with Crippen molar-refractivity contribution in [1.82, 2.24) is 9.97 Å². The number of aromatic nitrogens is 2. The summed E-state index contributed by atoms with van der Waals surface area (Å²) < 4.78 is 0. The molecule has 0 amide bonds. The van der Waals surface area contributed by atoms with Crippen LogP contribution in [0.2, 0.25) is 5.02 Å². The molecule has 0 bridgehead atoms. The second-order valence-corrected chi connectivity index (χ2v) is 10.2. The molecule has 3 heterocycles. The zero-order chi connectivity index (χ0) is 24.1. The zero-order valence-electron chi connectivity index (χ0n) is 19.2. The van der Waals surface area contributed by atoms with Gasteiger partial charge in [-0.3, -0.25) is 4.98 Å². The molecule has 2 atom stereocenters. The van der Waals surface area contributed by atoms with E-state index in [0.29, 0.717) is 17.1 Å². The first kappa shape index (κ1) is 22.2. The smallest absolute Gasteiger partial charge is 0.131 e. The Hall–Kier alpha value is -3.61. The fraction of sp³-hybridized carbons (Fsp3) is 0.333. The fourth-order valence-electron chi connectivity index (χ4n) is 5.64. The number of nitrogens with two attached hydrogens (primary N) is 1. The molecular weight excluding hydrogens is 444 g/mol. The Morgan fingerprint density at radius 2 is 1.97 bits per heavy atom. The van der Waals surface area contributed by atoms with Gasteiger partial charge in [0.2, 0.25) is 0 Å². The molecule has 2 aromatic heterocycles. The molecule has 3 aromatic rings. The second kappa shape index (κ2) is 8.01. The van der Waals surface area contributed by atoms with Crippen LogP contribution in [0.3, 0.4) is 0 Å². The number of nitrogens with zero attached hydrogens (tertiary/aromatic N) is 4. The van der Waals surface area contributed by atoms with Crippen LogP contribution in [0.1, 0.15) is 42.9 Å². The number of halogens is 1. The summed E-state index contributed by atoms with van der Waals surface area (Å²) in [5.74, 6) is 0.807. The van der Waals surface area contributed by atoms with Crippen LogP contribution in [0.5, 0.6) is 0 Å². The Bertz CT molecular complexity index is 1400. The predicted octanol–water partition coefficient (Wildman–Crippen LogP) is 5.80. The normalized spacial score (nSPS) is 22.7. The van der Waals surface area contributed by atoms with Gasteiger partial charge in [-0.25, -0.2) is 4.98 Å². The fourth-order valence-corrected chi connectivity index (χ4v) is 6.08. The SMILES string of the molecule is Cc1c(CC#N)ccnc1-c1cc(N)cc(-c2cnc3c(c2Cl)[C@]2(CC[C@@](C)(C#N)C2)CN3)c1. The van der Waals surface area contributed by atoms with Gasteiger partial charge in [0.25, 0.3) is 0 Å². The van der Waals surface area contributed by atoms with Gasteiger partial charge in [0.15, 0.2) is 0 Å².